The molecule has 0 radical (unpaired) electrons. The predicted octanol–water partition coefficient (Wildman–Crippen LogP) is 1.83. The van der Waals surface area contributed by atoms with Crippen molar-refractivity contribution in [3.05, 3.63) is 23.3 Å². The van der Waals surface area contributed by atoms with E-state index in [9.17, 15) is 8.42 Å². The van der Waals surface area contributed by atoms with Gasteiger partial charge in [0.25, 0.3) is 0 Å². The van der Waals surface area contributed by atoms with Crippen molar-refractivity contribution in [2.24, 2.45) is 5.73 Å². The predicted molar refractivity (Wildman–Crippen MR) is 101 cm³/mol. The standard InChI is InChI=1S/C17H29N5O2S/c1-12(7-8-18)15-16-17(13(2)14(3)21-15)22(11-19-16)10-6-5-9-20-25(4,23)24/h11-12,20H,5-10,18H2,1-4H3. The molecule has 0 fully saturated rings. The fraction of sp³-hybridized carbons (Fsp3) is 0.647. The fourth-order valence-corrected chi connectivity index (χ4v) is 3.53. The Balaban J connectivity index is 2.19. The Morgan fingerprint density at radius 1 is 1.32 bits per heavy atom. The third-order valence-electron chi connectivity index (χ3n) is 4.52. The summed E-state index contributed by atoms with van der Waals surface area (Å²) in [7, 11) is -3.11. The minimum absolute atomic E-state index is 0.272. The van der Waals surface area contributed by atoms with E-state index in [-0.39, 0.29) is 5.92 Å². The van der Waals surface area contributed by atoms with Gasteiger partial charge in [-0.2, -0.15) is 0 Å². The molecule has 7 nitrogen and oxygen atoms in total. The van der Waals surface area contributed by atoms with Crippen LogP contribution in [0.5, 0.6) is 0 Å². The zero-order valence-electron chi connectivity index (χ0n) is 15.5. The molecule has 0 aromatic carbocycles. The van der Waals surface area contributed by atoms with E-state index in [1.165, 1.54) is 6.26 Å². The lowest BCUT2D eigenvalue weighted by molar-refractivity contribution is 0.573. The van der Waals surface area contributed by atoms with Crippen LogP contribution in [0.25, 0.3) is 11.0 Å². The van der Waals surface area contributed by atoms with Gasteiger partial charge in [0.1, 0.15) is 5.52 Å². The summed E-state index contributed by atoms with van der Waals surface area (Å²) in [6.45, 7) is 8.14. The zero-order valence-corrected chi connectivity index (χ0v) is 16.4. The summed E-state index contributed by atoms with van der Waals surface area (Å²) in [5, 5.41) is 0. The molecular formula is C17H29N5O2S. The van der Waals surface area contributed by atoms with E-state index in [1.54, 1.807) is 0 Å². The highest BCUT2D eigenvalue weighted by atomic mass is 32.2. The topological polar surface area (TPSA) is 103 Å². The number of aromatic nitrogens is 3. The molecule has 0 aliphatic carbocycles. The number of rotatable bonds is 9. The molecule has 1 atom stereocenters. The molecule has 25 heavy (non-hydrogen) atoms. The second-order valence-electron chi connectivity index (χ2n) is 6.69. The van der Waals surface area contributed by atoms with E-state index < -0.39 is 10.0 Å². The second-order valence-corrected chi connectivity index (χ2v) is 8.53. The number of pyridine rings is 1. The van der Waals surface area contributed by atoms with Gasteiger partial charge >= 0.3 is 0 Å². The number of nitrogens with two attached hydrogens (primary N) is 1. The molecule has 0 saturated carbocycles. The van der Waals surface area contributed by atoms with Gasteiger partial charge in [-0.3, -0.25) is 4.98 Å². The molecular weight excluding hydrogens is 338 g/mol. The van der Waals surface area contributed by atoms with Crippen molar-refractivity contribution in [1.29, 1.82) is 0 Å². The number of nitrogens with one attached hydrogen (secondary N) is 1. The van der Waals surface area contributed by atoms with Crippen LogP contribution in [0.15, 0.2) is 6.33 Å². The van der Waals surface area contributed by atoms with Crippen LogP contribution < -0.4 is 10.5 Å². The molecule has 2 rings (SSSR count). The van der Waals surface area contributed by atoms with Crippen molar-refractivity contribution in [3.63, 3.8) is 0 Å². The lowest BCUT2D eigenvalue weighted by Gasteiger charge is -2.14. The molecule has 0 bridgehead atoms. The molecule has 0 aliphatic heterocycles. The highest BCUT2D eigenvalue weighted by molar-refractivity contribution is 7.88. The first-order chi connectivity index (χ1) is 11.7. The molecule has 0 saturated heterocycles. The molecule has 2 aromatic heterocycles. The van der Waals surface area contributed by atoms with E-state index in [2.05, 4.69) is 28.1 Å². The minimum Gasteiger partial charge on any atom is -0.330 e. The van der Waals surface area contributed by atoms with Crippen LogP contribution >= 0.6 is 0 Å². The highest BCUT2D eigenvalue weighted by Crippen LogP contribution is 2.28. The number of fused-ring (bicyclic) bond motifs is 1. The number of unbranched alkanes of at least 4 members (excludes halogenated alkanes) is 1. The zero-order chi connectivity index (χ0) is 18.6. The Labute approximate surface area is 150 Å². The Kier molecular flexibility index (Phi) is 6.53. The molecule has 8 heteroatoms. The summed E-state index contributed by atoms with van der Waals surface area (Å²) >= 11 is 0. The lowest BCUT2D eigenvalue weighted by Crippen LogP contribution is -2.23. The van der Waals surface area contributed by atoms with Crippen LogP contribution in [0, 0.1) is 13.8 Å². The van der Waals surface area contributed by atoms with Crippen molar-refractivity contribution in [3.8, 4) is 0 Å². The van der Waals surface area contributed by atoms with E-state index >= 15 is 0 Å². The van der Waals surface area contributed by atoms with Gasteiger partial charge < -0.3 is 10.3 Å². The number of imidazole rings is 1. The average Bonchev–Trinajstić information content (AvgIpc) is 2.94. The maximum absolute atomic E-state index is 11.1. The molecule has 0 aliphatic rings. The summed E-state index contributed by atoms with van der Waals surface area (Å²) < 4.78 is 26.9. The van der Waals surface area contributed by atoms with E-state index in [1.807, 2.05) is 13.3 Å². The van der Waals surface area contributed by atoms with Gasteiger partial charge in [0.2, 0.25) is 10.0 Å². The second kappa shape index (κ2) is 8.25. The average molecular weight is 368 g/mol. The first kappa shape index (κ1) is 19.8. The van der Waals surface area contributed by atoms with E-state index in [4.69, 9.17) is 10.7 Å². The number of nitrogens with zero attached hydrogens (tertiary/aromatic N) is 3. The van der Waals surface area contributed by atoms with Gasteiger partial charge in [-0.25, -0.2) is 18.1 Å². The van der Waals surface area contributed by atoms with Crippen molar-refractivity contribution in [2.75, 3.05) is 19.3 Å². The van der Waals surface area contributed by atoms with Crippen LogP contribution in [0.3, 0.4) is 0 Å². The smallest absolute Gasteiger partial charge is 0.208 e. The molecule has 140 valence electrons. The third kappa shape index (κ3) is 4.99. The number of sulfonamides is 1. The Hall–Kier alpha value is -1.51. The van der Waals surface area contributed by atoms with Gasteiger partial charge in [-0.1, -0.05) is 6.92 Å². The van der Waals surface area contributed by atoms with Crippen LogP contribution in [0.2, 0.25) is 0 Å². The lowest BCUT2D eigenvalue weighted by atomic mass is 10.00. The van der Waals surface area contributed by atoms with Crippen LogP contribution in [-0.4, -0.2) is 42.3 Å². The van der Waals surface area contributed by atoms with Crippen molar-refractivity contribution < 1.29 is 8.42 Å². The van der Waals surface area contributed by atoms with Gasteiger partial charge in [0, 0.05) is 24.7 Å². The quantitative estimate of drug-likeness (QED) is 0.658. The Bertz CT molecular complexity index is 829. The van der Waals surface area contributed by atoms with Crippen molar-refractivity contribution >= 4 is 21.1 Å². The van der Waals surface area contributed by atoms with E-state index in [0.717, 1.165) is 53.8 Å². The van der Waals surface area contributed by atoms with Crippen LogP contribution in [-0.2, 0) is 16.6 Å². The van der Waals surface area contributed by atoms with Crippen molar-refractivity contribution in [2.45, 2.75) is 52.5 Å². The molecule has 0 spiro atoms. The molecule has 1 unspecified atom stereocenters. The number of hydrogen-bond acceptors (Lipinski definition) is 5. The molecule has 2 heterocycles. The van der Waals surface area contributed by atoms with Gasteiger partial charge in [0.15, 0.2) is 0 Å². The summed E-state index contributed by atoms with van der Waals surface area (Å²) in [6, 6.07) is 0. The summed E-state index contributed by atoms with van der Waals surface area (Å²) in [5.74, 6) is 0.272. The number of aryl methyl sites for hydroxylation is 3. The van der Waals surface area contributed by atoms with Crippen molar-refractivity contribution in [1.82, 2.24) is 19.3 Å². The van der Waals surface area contributed by atoms with Crippen LogP contribution in [0.1, 0.15) is 49.1 Å². The molecule has 2 aromatic rings. The highest BCUT2D eigenvalue weighted by Gasteiger charge is 2.18. The summed E-state index contributed by atoms with van der Waals surface area (Å²) in [5.41, 5.74) is 11.0. The first-order valence-electron chi connectivity index (χ1n) is 8.71. The third-order valence-corrected chi connectivity index (χ3v) is 5.25. The van der Waals surface area contributed by atoms with Crippen LogP contribution in [0.4, 0.5) is 0 Å². The largest absolute Gasteiger partial charge is 0.330 e. The molecule has 0 amide bonds. The number of hydrogen-bond donors (Lipinski definition) is 2. The minimum atomic E-state index is -3.11. The Morgan fingerprint density at radius 3 is 2.68 bits per heavy atom. The first-order valence-corrected chi connectivity index (χ1v) is 10.6. The SMILES string of the molecule is Cc1nc(C(C)CCN)c2ncn(CCCCNS(C)(=O)=O)c2c1C. The Morgan fingerprint density at radius 2 is 2.04 bits per heavy atom. The maximum Gasteiger partial charge on any atom is 0.208 e. The monoisotopic (exact) mass is 367 g/mol. The summed E-state index contributed by atoms with van der Waals surface area (Å²) in [6.07, 6.45) is 5.59. The van der Waals surface area contributed by atoms with Gasteiger partial charge in [0.05, 0.1) is 23.8 Å². The molecule has 3 N–H and O–H groups in total. The van der Waals surface area contributed by atoms with Gasteiger partial charge in [-0.05, 0) is 45.2 Å². The summed E-state index contributed by atoms with van der Waals surface area (Å²) in [4.78, 5) is 9.37. The maximum atomic E-state index is 11.1. The van der Waals surface area contributed by atoms with Gasteiger partial charge in [-0.15, -0.1) is 0 Å². The van der Waals surface area contributed by atoms with E-state index in [0.29, 0.717) is 13.1 Å². The normalized spacial score (nSPS) is 13.5. The fourth-order valence-electron chi connectivity index (χ4n) is 3.02.